The van der Waals surface area contributed by atoms with E-state index in [2.05, 4.69) is 21.1 Å². The van der Waals surface area contributed by atoms with Gasteiger partial charge in [0.15, 0.2) is 0 Å². The van der Waals surface area contributed by atoms with Crippen LogP contribution in [0.2, 0.25) is 0 Å². The summed E-state index contributed by atoms with van der Waals surface area (Å²) >= 11 is 3.00. The van der Waals surface area contributed by atoms with Crippen LogP contribution >= 0.6 is 16.1 Å². The molecule has 0 fully saturated rings. The fourth-order valence-electron chi connectivity index (χ4n) is 1.74. The number of hydrogen-bond donors (Lipinski definition) is 0. The lowest BCUT2D eigenvalue weighted by Gasteiger charge is -2.14. The van der Waals surface area contributed by atoms with Crippen LogP contribution in [0.4, 0.5) is 5.69 Å². The maximum Gasteiger partial charge on any atom is 0.270 e. The Kier molecular flexibility index (Phi) is 5.22. The molecule has 0 aliphatic heterocycles. The molecule has 0 spiro atoms. The first kappa shape index (κ1) is 16.5. The molecule has 0 amide bonds. The van der Waals surface area contributed by atoms with E-state index in [4.69, 9.17) is 0 Å². The maximum atomic E-state index is 12.4. The average molecular weight is 386 g/mol. The van der Waals surface area contributed by atoms with Crippen LogP contribution in [0.1, 0.15) is 5.69 Å². The van der Waals surface area contributed by atoms with Crippen LogP contribution < -0.4 is 0 Å². The van der Waals surface area contributed by atoms with Crippen LogP contribution in [0.15, 0.2) is 53.6 Å². The van der Waals surface area contributed by atoms with Crippen molar-refractivity contribution in [1.82, 2.24) is 8.32 Å². The molecule has 2 rings (SSSR count). The van der Waals surface area contributed by atoms with E-state index < -0.39 is 14.9 Å². The van der Waals surface area contributed by atoms with Gasteiger partial charge in [0.05, 0.1) is 9.82 Å². The summed E-state index contributed by atoms with van der Waals surface area (Å²) in [6, 6.07) is 10.3. The van der Waals surface area contributed by atoms with Gasteiger partial charge in [-0.15, -0.1) is 3.33 Å². The van der Waals surface area contributed by atoms with Crippen LogP contribution in [0.5, 0.6) is 0 Å². The molecule has 0 N–H and O–H groups in total. The predicted molar refractivity (Wildman–Crippen MR) is 83.9 cm³/mol. The zero-order valence-electron chi connectivity index (χ0n) is 11.3. The highest BCUT2D eigenvalue weighted by atomic mass is 79.9. The number of rotatable bonds is 6. The Bertz CT molecular complexity index is 768. The number of benzene rings is 1. The Balaban J connectivity index is 2.15. The van der Waals surface area contributed by atoms with Crippen LogP contribution in [-0.2, 0) is 16.4 Å². The van der Waals surface area contributed by atoms with Gasteiger partial charge in [0.2, 0.25) is 0 Å². The number of halogens is 1. The van der Waals surface area contributed by atoms with Gasteiger partial charge in [-0.05, 0) is 18.2 Å². The number of hydrogen-bond acceptors (Lipinski definition) is 5. The molecule has 1 aromatic carbocycles. The minimum absolute atomic E-state index is 0.139. The van der Waals surface area contributed by atoms with Gasteiger partial charge in [0.25, 0.3) is 15.7 Å². The quantitative estimate of drug-likeness (QED) is 0.432. The molecule has 0 unspecified atom stereocenters. The molecule has 9 heteroatoms. The maximum absolute atomic E-state index is 12.4. The van der Waals surface area contributed by atoms with Crippen LogP contribution in [-0.4, -0.2) is 28.2 Å². The summed E-state index contributed by atoms with van der Waals surface area (Å²) in [7, 11) is -3.85. The number of pyridine rings is 1. The Morgan fingerprint density at radius 2 is 2.00 bits per heavy atom. The minimum Gasteiger partial charge on any atom is -0.261 e. The summed E-state index contributed by atoms with van der Waals surface area (Å²) < 4.78 is 25.7. The van der Waals surface area contributed by atoms with Crippen molar-refractivity contribution in [2.75, 3.05) is 6.54 Å². The van der Waals surface area contributed by atoms with Gasteiger partial charge < -0.3 is 0 Å². The molecule has 1 aromatic heterocycles. The number of sulfonamides is 1. The van der Waals surface area contributed by atoms with Crippen molar-refractivity contribution in [2.24, 2.45) is 0 Å². The Morgan fingerprint density at radius 3 is 2.64 bits per heavy atom. The summed E-state index contributed by atoms with van der Waals surface area (Å²) in [6.07, 6.45) is 2.04. The lowest BCUT2D eigenvalue weighted by Crippen LogP contribution is -2.24. The third kappa shape index (κ3) is 3.87. The van der Waals surface area contributed by atoms with Gasteiger partial charge in [-0.1, -0.05) is 12.1 Å². The molecule has 0 aliphatic carbocycles. The van der Waals surface area contributed by atoms with E-state index in [9.17, 15) is 18.5 Å². The lowest BCUT2D eigenvalue weighted by molar-refractivity contribution is -0.385. The molecule has 0 radical (unpaired) electrons. The normalized spacial score (nSPS) is 11.5. The first-order chi connectivity index (χ1) is 10.4. The second kappa shape index (κ2) is 6.95. The molecule has 0 aliphatic rings. The van der Waals surface area contributed by atoms with E-state index in [-0.39, 0.29) is 17.1 Å². The van der Waals surface area contributed by atoms with Crippen molar-refractivity contribution in [1.29, 1.82) is 0 Å². The van der Waals surface area contributed by atoms with E-state index in [0.29, 0.717) is 6.42 Å². The Labute approximate surface area is 136 Å². The molecule has 2 aromatic rings. The molecule has 22 heavy (non-hydrogen) atoms. The molecular formula is C13H12BrN3O4S. The standard InChI is InChI=1S/C13H12BrN3O4S/c14-16(9-7-11-4-1-2-8-15-11)22(20,21)13-6-3-5-12(10-13)17(18)19/h1-6,8,10H,7,9H2. The fraction of sp³-hybridized carbons (Fsp3) is 0.154. The lowest BCUT2D eigenvalue weighted by atomic mass is 10.3. The Hall–Kier alpha value is -1.84. The second-order valence-electron chi connectivity index (χ2n) is 4.34. The zero-order chi connectivity index (χ0) is 16.2. The minimum atomic E-state index is -3.85. The monoisotopic (exact) mass is 385 g/mol. The molecule has 7 nitrogen and oxygen atoms in total. The highest BCUT2D eigenvalue weighted by Gasteiger charge is 2.24. The second-order valence-corrected chi connectivity index (χ2v) is 7.53. The number of aromatic nitrogens is 1. The summed E-state index contributed by atoms with van der Waals surface area (Å²) in [5.41, 5.74) is 0.480. The summed E-state index contributed by atoms with van der Waals surface area (Å²) in [4.78, 5) is 14.1. The van der Waals surface area contributed by atoms with E-state index in [1.807, 2.05) is 6.07 Å². The number of nitro benzene ring substituents is 1. The van der Waals surface area contributed by atoms with Crippen molar-refractivity contribution in [3.05, 3.63) is 64.5 Å². The molecule has 116 valence electrons. The van der Waals surface area contributed by atoms with Crippen molar-refractivity contribution in [2.45, 2.75) is 11.3 Å². The molecule has 0 saturated carbocycles. The summed E-state index contributed by atoms with van der Waals surface area (Å²) in [5.74, 6) is 0. The Morgan fingerprint density at radius 1 is 1.23 bits per heavy atom. The highest BCUT2D eigenvalue weighted by Crippen LogP contribution is 2.23. The van der Waals surface area contributed by atoms with Crippen molar-refractivity contribution < 1.29 is 13.3 Å². The van der Waals surface area contributed by atoms with Crippen molar-refractivity contribution in [3.63, 3.8) is 0 Å². The number of nitrogens with zero attached hydrogens (tertiary/aromatic N) is 3. The number of nitro groups is 1. The van der Waals surface area contributed by atoms with Crippen molar-refractivity contribution in [3.8, 4) is 0 Å². The van der Waals surface area contributed by atoms with E-state index >= 15 is 0 Å². The van der Waals surface area contributed by atoms with Gasteiger partial charge in [-0.2, -0.15) is 0 Å². The van der Waals surface area contributed by atoms with Crippen molar-refractivity contribution >= 4 is 31.9 Å². The molecule has 0 saturated heterocycles. The molecule has 0 bridgehead atoms. The SMILES string of the molecule is O=[N+]([O-])c1cccc(S(=O)(=O)N(Br)CCc2ccccn2)c1. The number of non-ortho nitro benzene ring substituents is 1. The predicted octanol–water partition coefficient (Wildman–Crippen LogP) is 2.53. The van der Waals surface area contributed by atoms with Gasteiger partial charge >= 0.3 is 0 Å². The van der Waals surface area contributed by atoms with Crippen LogP contribution in [0.25, 0.3) is 0 Å². The van der Waals surface area contributed by atoms with Gasteiger partial charge in [-0.3, -0.25) is 15.1 Å². The topological polar surface area (TPSA) is 93.4 Å². The van der Waals surface area contributed by atoms with Crippen LogP contribution in [0, 0.1) is 10.1 Å². The highest BCUT2D eigenvalue weighted by molar-refractivity contribution is 9.08. The zero-order valence-corrected chi connectivity index (χ0v) is 13.7. The van der Waals surface area contributed by atoms with Gasteiger partial charge in [0.1, 0.15) is 0 Å². The van der Waals surface area contributed by atoms with Gasteiger partial charge in [-0.25, -0.2) is 8.42 Å². The first-order valence-corrected chi connectivity index (χ1v) is 8.39. The summed E-state index contributed by atoms with van der Waals surface area (Å²) in [6.45, 7) is 0.155. The average Bonchev–Trinajstić information content (AvgIpc) is 2.53. The molecule has 1 heterocycles. The molecular weight excluding hydrogens is 374 g/mol. The summed E-state index contributed by atoms with van der Waals surface area (Å²) in [5, 5.41) is 10.7. The van der Waals surface area contributed by atoms with E-state index in [1.165, 1.54) is 18.2 Å². The van der Waals surface area contributed by atoms with Crippen LogP contribution in [0.3, 0.4) is 0 Å². The van der Waals surface area contributed by atoms with E-state index in [0.717, 1.165) is 15.1 Å². The fourth-order valence-corrected chi connectivity index (χ4v) is 3.50. The third-order valence-electron chi connectivity index (χ3n) is 2.86. The smallest absolute Gasteiger partial charge is 0.261 e. The first-order valence-electron chi connectivity index (χ1n) is 6.24. The van der Waals surface area contributed by atoms with Gasteiger partial charge in [0, 0.05) is 53.1 Å². The molecule has 0 atom stereocenters. The van der Waals surface area contributed by atoms with E-state index in [1.54, 1.807) is 18.3 Å². The largest absolute Gasteiger partial charge is 0.270 e. The third-order valence-corrected chi connectivity index (χ3v) is 5.91.